The van der Waals surface area contributed by atoms with Gasteiger partial charge in [-0.15, -0.1) is 0 Å². The summed E-state index contributed by atoms with van der Waals surface area (Å²) in [5.41, 5.74) is 1.00. The number of anilines is 1. The molecular formula is C11H11Br2F2NO. The molecule has 1 aromatic carbocycles. The van der Waals surface area contributed by atoms with Crippen LogP contribution in [0.5, 0.6) is 5.75 Å². The van der Waals surface area contributed by atoms with Crippen LogP contribution in [-0.4, -0.2) is 19.7 Å². The average molecular weight is 371 g/mol. The van der Waals surface area contributed by atoms with E-state index >= 15 is 0 Å². The molecule has 0 aromatic heterocycles. The van der Waals surface area contributed by atoms with Crippen LogP contribution in [0.2, 0.25) is 0 Å². The molecule has 2 nitrogen and oxygen atoms in total. The van der Waals surface area contributed by atoms with Gasteiger partial charge in [-0.2, -0.15) is 8.78 Å². The summed E-state index contributed by atoms with van der Waals surface area (Å²) < 4.78 is 30.2. The number of benzene rings is 1. The number of hydrogen-bond acceptors (Lipinski definition) is 2. The van der Waals surface area contributed by atoms with E-state index < -0.39 is 6.61 Å². The molecule has 0 radical (unpaired) electrons. The smallest absolute Gasteiger partial charge is 0.387 e. The Kier molecular flexibility index (Phi) is 4.25. The summed E-state index contributed by atoms with van der Waals surface area (Å²) in [6.45, 7) is -0.815. The van der Waals surface area contributed by atoms with E-state index in [1.807, 2.05) is 0 Å². The number of alkyl halides is 2. The zero-order valence-electron chi connectivity index (χ0n) is 8.93. The number of ether oxygens (including phenoxy) is 1. The molecule has 0 unspecified atom stereocenters. The van der Waals surface area contributed by atoms with Crippen molar-refractivity contribution in [2.24, 2.45) is 0 Å². The van der Waals surface area contributed by atoms with Crippen molar-refractivity contribution < 1.29 is 13.5 Å². The molecule has 6 heteroatoms. The Labute approximate surface area is 115 Å². The molecule has 1 aliphatic heterocycles. The van der Waals surface area contributed by atoms with Crippen molar-refractivity contribution >= 4 is 37.5 Å². The Bertz CT molecular complexity index is 385. The van der Waals surface area contributed by atoms with Crippen molar-refractivity contribution in [3.8, 4) is 5.75 Å². The molecule has 0 saturated carbocycles. The first-order chi connectivity index (χ1) is 8.08. The third-order valence-electron chi connectivity index (χ3n) is 2.64. The molecule has 2 rings (SSSR count). The summed E-state index contributed by atoms with van der Waals surface area (Å²) in [7, 11) is 0. The Morgan fingerprint density at radius 1 is 1.12 bits per heavy atom. The molecule has 0 N–H and O–H groups in total. The molecule has 0 spiro atoms. The maximum Gasteiger partial charge on any atom is 0.387 e. The fourth-order valence-electron chi connectivity index (χ4n) is 1.96. The zero-order chi connectivity index (χ0) is 12.4. The van der Waals surface area contributed by atoms with Gasteiger partial charge in [0.15, 0.2) is 0 Å². The standard InChI is InChI=1S/C11H11Br2F2NO/c12-8-5-7(17-11(14)15)6-9(13)10(8)16-3-1-2-4-16/h5-6,11H,1-4H2. The van der Waals surface area contributed by atoms with Gasteiger partial charge >= 0.3 is 6.61 Å². The highest BCUT2D eigenvalue weighted by molar-refractivity contribution is 9.11. The summed E-state index contributed by atoms with van der Waals surface area (Å²) in [5, 5.41) is 0. The number of hydrogen-bond donors (Lipinski definition) is 0. The lowest BCUT2D eigenvalue weighted by atomic mass is 10.3. The van der Waals surface area contributed by atoms with E-state index in [-0.39, 0.29) is 5.75 Å². The highest BCUT2D eigenvalue weighted by Crippen LogP contribution is 2.39. The number of rotatable bonds is 3. The normalized spacial score (nSPS) is 15.7. The van der Waals surface area contributed by atoms with Gasteiger partial charge < -0.3 is 9.64 Å². The van der Waals surface area contributed by atoms with Crippen LogP contribution in [0.1, 0.15) is 12.8 Å². The summed E-state index contributed by atoms with van der Waals surface area (Å²) in [4.78, 5) is 2.22. The van der Waals surface area contributed by atoms with E-state index in [0.29, 0.717) is 0 Å². The minimum Gasteiger partial charge on any atom is -0.435 e. The van der Waals surface area contributed by atoms with Crippen molar-refractivity contribution in [2.75, 3.05) is 18.0 Å². The van der Waals surface area contributed by atoms with Crippen LogP contribution in [0.4, 0.5) is 14.5 Å². The fourth-order valence-corrected chi connectivity index (χ4v) is 3.60. The zero-order valence-corrected chi connectivity index (χ0v) is 12.1. The predicted molar refractivity (Wildman–Crippen MR) is 69.9 cm³/mol. The van der Waals surface area contributed by atoms with Gasteiger partial charge in [-0.3, -0.25) is 0 Å². The summed E-state index contributed by atoms with van der Waals surface area (Å²) >= 11 is 6.80. The van der Waals surface area contributed by atoms with Gasteiger partial charge in [-0.05, 0) is 56.8 Å². The van der Waals surface area contributed by atoms with Crippen molar-refractivity contribution in [3.05, 3.63) is 21.1 Å². The van der Waals surface area contributed by atoms with Crippen LogP contribution >= 0.6 is 31.9 Å². The molecule has 0 atom stereocenters. The first kappa shape index (κ1) is 13.1. The Balaban J connectivity index is 2.28. The van der Waals surface area contributed by atoms with Crippen LogP contribution in [0.25, 0.3) is 0 Å². The molecule has 1 aliphatic rings. The minimum atomic E-state index is -2.80. The molecule has 94 valence electrons. The van der Waals surface area contributed by atoms with Crippen LogP contribution in [0, 0.1) is 0 Å². The fraction of sp³-hybridized carbons (Fsp3) is 0.455. The highest BCUT2D eigenvalue weighted by atomic mass is 79.9. The molecule has 1 aromatic rings. The second kappa shape index (κ2) is 5.52. The monoisotopic (exact) mass is 369 g/mol. The van der Waals surface area contributed by atoms with Gasteiger partial charge in [-0.1, -0.05) is 0 Å². The third-order valence-corrected chi connectivity index (χ3v) is 3.85. The SMILES string of the molecule is FC(F)Oc1cc(Br)c(N2CCCC2)c(Br)c1. The Morgan fingerprint density at radius 2 is 1.65 bits per heavy atom. The molecule has 0 aliphatic carbocycles. The highest BCUT2D eigenvalue weighted by Gasteiger charge is 2.19. The van der Waals surface area contributed by atoms with E-state index in [4.69, 9.17) is 0 Å². The Hall–Kier alpha value is -0.360. The quantitative estimate of drug-likeness (QED) is 0.781. The van der Waals surface area contributed by atoms with Gasteiger partial charge in [0.05, 0.1) is 5.69 Å². The molecule has 1 saturated heterocycles. The Morgan fingerprint density at radius 3 is 2.12 bits per heavy atom. The first-order valence-electron chi connectivity index (χ1n) is 5.26. The van der Waals surface area contributed by atoms with Crippen LogP contribution in [0.15, 0.2) is 21.1 Å². The second-order valence-corrected chi connectivity index (χ2v) is 5.52. The van der Waals surface area contributed by atoms with Crippen LogP contribution in [0.3, 0.4) is 0 Å². The van der Waals surface area contributed by atoms with Crippen LogP contribution in [-0.2, 0) is 0 Å². The summed E-state index contributed by atoms with van der Waals surface area (Å²) in [6.07, 6.45) is 2.32. The van der Waals surface area contributed by atoms with E-state index in [0.717, 1.165) is 40.6 Å². The largest absolute Gasteiger partial charge is 0.435 e. The lowest BCUT2D eigenvalue weighted by Gasteiger charge is -2.21. The lowest BCUT2D eigenvalue weighted by molar-refractivity contribution is -0.0499. The lowest BCUT2D eigenvalue weighted by Crippen LogP contribution is -2.18. The molecular weight excluding hydrogens is 360 g/mol. The van der Waals surface area contributed by atoms with Gasteiger partial charge in [-0.25, -0.2) is 0 Å². The molecule has 0 bridgehead atoms. The van der Waals surface area contributed by atoms with Crippen molar-refractivity contribution in [1.82, 2.24) is 0 Å². The maximum absolute atomic E-state index is 12.1. The number of nitrogens with zero attached hydrogens (tertiary/aromatic N) is 1. The third kappa shape index (κ3) is 3.10. The van der Waals surface area contributed by atoms with Crippen molar-refractivity contribution in [3.63, 3.8) is 0 Å². The van der Waals surface area contributed by atoms with Crippen LogP contribution < -0.4 is 9.64 Å². The topological polar surface area (TPSA) is 12.5 Å². The molecule has 1 heterocycles. The van der Waals surface area contributed by atoms with E-state index in [1.165, 1.54) is 0 Å². The molecule has 0 amide bonds. The van der Waals surface area contributed by atoms with E-state index in [2.05, 4.69) is 41.5 Å². The van der Waals surface area contributed by atoms with Gasteiger partial charge in [0.1, 0.15) is 5.75 Å². The van der Waals surface area contributed by atoms with Gasteiger partial charge in [0.25, 0.3) is 0 Å². The average Bonchev–Trinajstić information content (AvgIpc) is 2.68. The minimum absolute atomic E-state index is 0.154. The van der Waals surface area contributed by atoms with Crippen molar-refractivity contribution in [2.45, 2.75) is 19.5 Å². The predicted octanol–water partition coefficient (Wildman–Crippen LogP) is 4.41. The summed E-state index contributed by atoms with van der Waals surface area (Å²) in [5.74, 6) is 0.154. The molecule has 1 fully saturated rings. The first-order valence-corrected chi connectivity index (χ1v) is 6.85. The second-order valence-electron chi connectivity index (χ2n) is 3.81. The van der Waals surface area contributed by atoms with E-state index in [1.54, 1.807) is 12.1 Å². The molecule has 17 heavy (non-hydrogen) atoms. The van der Waals surface area contributed by atoms with E-state index in [9.17, 15) is 8.78 Å². The van der Waals surface area contributed by atoms with Gasteiger partial charge in [0, 0.05) is 22.0 Å². The van der Waals surface area contributed by atoms with Crippen molar-refractivity contribution in [1.29, 1.82) is 0 Å². The number of halogens is 4. The van der Waals surface area contributed by atoms with Gasteiger partial charge in [0.2, 0.25) is 0 Å². The maximum atomic E-state index is 12.1. The summed E-state index contributed by atoms with van der Waals surface area (Å²) in [6, 6.07) is 3.15.